The van der Waals surface area contributed by atoms with Crippen molar-refractivity contribution < 1.29 is 9.53 Å². The van der Waals surface area contributed by atoms with Crippen molar-refractivity contribution in [3.8, 4) is 5.75 Å². The fourth-order valence-electron chi connectivity index (χ4n) is 2.09. The Morgan fingerprint density at radius 1 is 1.37 bits per heavy atom. The van der Waals surface area contributed by atoms with Gasteiger partial charge in [0.2, 0.25) is 5.91 Å². The van der Waals surface area contributed by atoms with Gasteiger partial charge < -0.3 is 9.64 Å². The van der Waals surface area contributed by atoms with Crippen LogP contribution in [0.5, 0.6) is 5.75 Å². The molecule has 98 valence electrons. The lowest BCUT2D eigenvalue weighted by Crippen LogP contribution is -2.29. The van der Waals surface area contributed by atoms with Crippen molar-refractivity contribution in [2.75, 3.05) is 11.5 Å². The molecule has 0 saturated heterocycles. The molecule has 0 fully saturated rings. The summed E-state index contributed by atoms with van der Waals surface area (Å²) in [5.41, 5.74) is 0.856. The van der Waals surface area contributed by atoms with Gasteiger partial charge in [-0.15, -0.1) is 11.3 Å². The zero-order valence-electron chi connectivity index (χ0n) is 10.1. The third-order valence-electron chi connectivity index (χ3n) is 2.97. The van der Waals surface area contributed by atoms with Crippen LogP contribution in [0.25, 0.3) is 0 Å². The van der Waals surface area contributed by atoms with E-state index in [1.165, 1.54) is 0 Å². The molecule has 2 heterocycles. The molecule has 19 heavy (non-hydrogen) atoms. The number of halogens is 1. The SMILES string of the molecule is O=C1CCOc2ccccc2N1Cc1cc(Br)cs1. The highest BCUT2D eigenvalue weighted by Gasteiger charge is 2.23. The zero-order chi connectivity index (χ0) is 13.2. The monoisotopic (exact) mass is 337 g/mol. The standard InChI is InChI=1S/C14H12BrNO2S/c15-10-7-11(19-9-10)8-16-12-3-1-2-4-13(12)18-6-5-14(16)17/h1-4,7,9H,5-6,8H2. The summed E-state index contributed by atoms with van der Waals surface area (Å²) in [5, 5.41) is 2.03. The third-order valence-corrected chi connectivity index (χ3v) is 4.65. The van der Waals surface area contributed by atoms with E-state index in [9.17, 15) is 4.79 Å². The molecule has 1 aromatic carbocycles. The van der Waals surface area contributed by atoms with Crippen LogP contribution in [0.1, 0.15) is 11.3 Å². The molecule has 0 bridgehead atoms. The van der Waals surface area contributed by atoms with E-state index >= 15 is 0 Å². The molecule has 3 rings (SSSR count). The topological polar surface area (TPSA) is 29.5 Å². The van der Waals surface area contributed by atoms with Crippen molar-refractivity contribution in [2.24, 2.45) is 0 Å². The highest BCUT2D eigenvalue weighted by molar-refractivity contribution is 9.10. The number of ether oxygens (including phenoxy) is 1. The number of rotatable bonds is 2. The highest BCUT2D eigenvalue weighted by Crippen LogP contribution is 2.33. The molecule has 2 aromatic rings. The van der Waals surface area contributed by atoms with Gasteiger partial charge in [0.15, 0.2) is 0 Å². The predicted molar refractivity (Wildman–Crippen MR) is 79.8 cm³/mol. The summed E-state index contributed by atoms with van der Waals surface area (Å²) in [7, 11) is 0. The lowest BCUT2D eigenvalue weighted by atomic mass is 10.2. The first-order chi connectivity index (χ1) is 9.24. The van der Waals surface area contributed by atoms with Gasteiger partial charge >= 0.3 is 0 Å². The molecule has 1 aliphatic heterocycles. The largest absolute Gasteiger partial charge is 0.491 e. The molecule has 0 atom stereocenters. The molecule has 1 aliphatic rings. The van der Waals surface area contributed by atoms with Gasteiger partial charge in [-0.25, -0.2) is 0 Å². The molecule has 0 aliphatic carbocycles. The Kier molecular flexibility index (Phi) is 3.57. The summed E-state index contributed by atoms with van der Waals surface area (Å²) < 4.78 is 6.68. The molecule has 5 heteroatoms. The van der Waals surface area contributed by atoms with Crippen LogP contribution in [-0.2, 0) is 11.3 Å². The molecule has 3 nitrogen and oxygen atoms in total. The number of hydrogen-bond donors (Lipinski definition) is 0. The van der Waals surface area contributed by atoms with E-state index < -0.39 is 0 Å². The molecule has 1 amide bonds. The van der Waals surface area contributed by atoms with Crippen LogP contribution >= 0.6 is 27.3 Å². The maximum atomic E-state index is 12.2. The van der Waals surface area contributed by atoms with E-state index in [0.717, 1.165) is 20.8 Å². The Labute approximate surface area is 123 Å². The van der Waals surface area contributed by atoms with Crippen LogP contribution < -0.4 is 9.64 Å². The quantitative estimate of drug-likeness (QED) is 0.833. The average Bonchev–Trinajstić information content (AvgIpc) is 2.75. The van der Waals surface area contributed by atoms with E-state index in [-0.39, 0.29) is 5.91 Å². The van der Waals surface area contributed by atoms with Crippen LogP contribution in [0, 0.1) is 0 Å². The Morgan fingerprint density at radius 2 is 2.21 bits per heavy atom. The normalized spacial score (nSPS) is 14.8. The van der Waals surface area contributed by atoms with Crippen molar-refractivity contribution in [1.82, 2.24) is 0 Å². The van der Waals surface area contributed by atoms with Crippen molar-refractivity contribution in [2.45, 2.75) is 13.0 Å². The molecule has 0 N–H and O–H groups in total. The van der Waals surface area contributed by atoms with Gasteiger partial charge in [0.05, 0.1) is 25.3 Å². The van der Waals surface area contributed by atoms with Crippen molar-refractivity contribution in [1.29, 1.82) is 0 Å². The highest BCUT2D eigenvalue weighted by atomic mass is 79.9. The summed E-state index contributed by atoms with van der Waals surface area (Å²) in [6.45, 7) is 1.04. The fraction of sp³-hybridized carbons (Fsp3) is 0.214. The van der Waals surface area contributed by atoms with Crippen LogP contribution in [0.4, 0.5) is 5.69 Å². The molecule has 0 spiro atoms. The zero-order valence-corrected chi connectivity index (χ0v) is 12.5. The Morgan fingerprint density at radius 3 is 3.00 bits per heavy atom. The van der Waals surface area contributed by atoms with E-state index in [4.69, 9.17) is 4.74 Å². The number of carbonyl (C=O) groups is 1. The van der Waals surface area contributed by atoms with Gasteiger partial charge in [-0.05, 0) is 34.1 Å². The number of para-hydroxylation sites is 2. The molecular weight excluding hydrogens is 326 g/mol. The minimum absolute atomic E-state index is 0.106. The summed E-state index contributed by atoms with van der Waals surface area (Å²) >= 11 is 5.09. The number of amides is 1. The van der Waals surface area contributed by atoms with E-state index in [1.807, 2.05) is 35.7 Å². The number of anilines is 1. The van der Waals surface area contributed by atoms with Crippen LogP contribution in [0.2, 0.25) is 0 Å². The number of nitrogens with zero attached hydrogens (tertiary/aromatic N) is 1. The number of benzene rings is 1. The maximum Gasteiger partial charge on any atom is 0.230 e. The lowest BCUT2D eigenvalue weighted by Gasteiger charge is -2.21. The number of carbonyl (C=O) groups excluding carboxylic acids is 1. The Balaban J connectivity index is 1.95. The average molecular weight is 338 g/mol. The van der Waals surface area contributed by atoms with Crippen LogP contribution in [0.3, 0.4) is 0 Å². The molecule has 0 saturated carbocycles. The van der Waals surface area contributed by atoms with E-state index in [0.29, 0.717) is 19.6 Å². The Hall–Kier alpha value is -1.33. The first kappa shape index (κ1) is 12.7. The van der Waals surface area contributed by atoms with Gasteiger partial charge in [0, 0.05) is 14.7 Å². The summed E-state index contributed by atoms with van der Waals surface area (Å²) in [4.78, 5) is 15.2. The molecule has 1 aromatic heterocycles. The number of hydrogen-bond acceptors (Lipinski definition) is 3. The summed E-state index contributed by atoms with van der Waals surface area (Å²) in [5.74, 6) is 0.887. The number of fused-ring (bicyclic) bond motifs is 1. The van der Waals surface area contributed by atoms with E-state index in [1.54, 1.807) is 16.2 Å². The first-order valence-corrected chi connectivity index (χ1v) is 7.66. The first-order valence-electron chi connectivity index (χ1n) is 5.99. The number of thiophene rings is 1. The van der Waals surface area contributed by atoms with Crippen LogP contribution in [0.15, 0.2) is 40.2 Å². The van der Waals surface area contributed by atoms with Gasteiger partial charge in [-0.1, -0.05) is 12.1 Å². The molecular formula is C14H12BrNO2S. The molecule has 0 radical (unpaired) electrons. The van der Waals surface area contributed by atoms with Gasteiger partial charge in [-0.2, -0.15) is 0 Å². The smallest absolute Gasteiger partial charge is 0.230 e. The predicted octanol–water partition coefficient (Wildman–Crippen LogP) is 3.83. The Bertz CT molecular complexity index is 611. The maximum absolute atomic E-state index is 12.2. The van der Waals surface area contributed by atoms with Crippen molar-refractivity contribution in [3.05, 3.63) is 45.1 Å². The minimum Gasteiger partial charge on any atom is -0.491 e. The second kappa shape index (κ2) is 5.35. The van der Waals surface area contributed by atoms with E-state index in [2.05, 4.69) is 15.9 Å². The van der Waals surface area contributed by atoms with Gasteiger partial charge in [0.1, 0.15) is 5.75 Å². The van der Waals surface area contributed by atoms with Gasteiger partial charge in [0.25, 0.3) is 0 Å². The minimum atomic E-state index is 0.106. The third kappa shape index (κ3) is 2.67. The molecule has 0 unspecified atom stereocenters. The second-order valence-corrected chi connectivity index (χ2v) is 6.19. The van der Waals surface area contributed by atoms with Crippen LogP contribution in [-0.4, -0.2) is 12.5 Å². The van der Waals surface area contributed by atoms with Gasteiger partial charge in [-0.3, -0.25) is 4.79 Å². The van der Waals surface area contributed by atoms with Crippen molar-refractivity contribution >= 4 is 38.9 Å². The fourth-order valence-corrected chi connectivity index (χ4v) is 3.52. The lowest BCUT2D eigenvalue weighted by molar-refractivity contribution is -0.118. The van der Waals surface area contributed by atoms with Crippen molar-refractivity contribution in [3.63, 3.8) is 0 Å². The summed E-state index contributed by atoms with van der Waals surface area (Å²) in [6, 6.07) is 9.74. The summed E-state index contributed by atoms with van der Waals surface area (Å²) in [6.07, 6.45) is 0.418. The second-order valence-electron chi connectivity index (χ2n) is 4.28.